The molecule has 0 unspecified atom stereocenters. The van der Waals surface area contributed by atoms with Crippen LogP contribution in [-0.4, -0.2) is 40.4 Å². The first-order valence-corrected chi connectivity index (χ1v) is 8.29. The summed E-state index contributed by atoms with van der Waals surface area (Å²) in [5.74, 6) is -0.356. The summed E-state index contributed by atoms with van der Waals surface area (Å²) in [6.07, 6.45) is 3.17. The van der Waals surface area contributed by atoms with Crippen LogP contribution in [0.1, 0.15) is 10.7 Å². The molecule has 0 aromatic carbocycles. The summed E-state index contributed by atoms with van der Waals surface area (Å²) in [5, 5.41) is 8.73. The number of rotatable bonds is 6. The van der Waals surface area contributed by atoms with Gasteiger partial charge in [0.2, 0.25) is 0 Å². The molecule has 0 aliphatic heterocycles. The minimum absolute atomic E-state index is 0.135. The molecule has 0 fully saturated rings. The fourth-order valence-electron chi connectivity index (χ4n) is 1.73. The molecule has 21 heavy (non-hydrogen) atoms. The fourth-order valence-corrected chi connectivity index (χ4v) is 4.41. The number of nitrogens with zero attached hydrogens (tertiary/aromatic N) is 3. The molecule has 7 nitrogen and oxygen atoms in total. The average molecular weight is 329 g/mol. The SMILES string of the molecule is CN(Cc1nccn1C)S(=O)(=O)c1ccc(CC(=O)O)s1. The number of aromatic nitrogens is 2. The smallest absolute Gasteiger partial charge is 0.308 e. The summed E-state index contributed by atoms with van der Waals surface area (Å²) >= 11 is 0.976. The molecule has 0 radical (unpaired) electrons. The van der Waals surface area contributed by atoms with E-state index in [1.807, 2.05) is 0 Å². The molecule has 2 aromatic heterocycles. The van der Waals surface area contributed by atoms with Crippen LogP contribution in [0, 0.1) is 0 Å². The molecule has 1 N–H and O–H groups in total. The Kier molecular flexibility index (Phi) is 4.45. The van der Waals surface area contributed by atoms with E-state index in [0.29, 0.717) is 10.7 Å². The van der Waals surface area contributed by atoms with Gasteiger partial charge in [0.1, 0.15) is 10.0 Å². The van der Waals surface area contributed by atoms with E-state index in [0.717, 1.165) is 11.3 Å². The normalized spacial score (nSPS) is 12.0. The minimum Gasteiger partial charge on any atom is -0.481 e. The summed E-state index contributed by atoms with van der Waals surface area (Å²) in [6.45, 7) is 0.151. The Balaban J connectivity index is 2.19. The van der Waals surface area contributed by atoms with Crippen molar-refractivity contribution in [2.24, 2.45) is 7.05 Å². The molecule has 0 spiro atoms. The van der Waals surface area contributed by atoms with E-state index in [4.69, 9.17) is 5.11 Å². The van der Waals surface area contributed by atoms with Crippen molar-refractivity contribution < 1.29 is 18.3 Å². The van der Waals surface area contributed by atoms with Crippen molar-refractivity contribution in [2.75, 3.05) is 7.05 Å². The van der Waals surface area contributed by atoms with Gasteiger partial charge in [0, 0.05) is 31.4 Å². The van der Waals surface area contributed by atoms with Gasteiger partial charge in [0.25, 0.3) is 10.0 Å². The lowest BCUT2D eigenvalue weighted by Crippen LogP contribution is -2.27. The first-order chi connectivity index (χ1) is 9.80. The molecule has 0 amide bonds. The van der Waals surface area contributed by atoms with E-state index in [9.17, 15) is 13.2 Å². The molecule has 2 rings (SSSR count). The largest absolute Gasteiger partial charge is 0.481 e. The number of carboxylic acid groups (broad SMARTS) is 1. The van der Waals surface area contributed by atoms with Crippen LogP contribution in [0.15, 0.2) is 28.7 Å². The molecule has 2 aromatic rings. The maximum absolute atomic E-state index is 12.4. The molecule has 0 saturated carbocycles. The van der Waals surface area contributed by atoms with E-state index in [2.05, 4.69) is 4.98 Å². The van der Waals surface area contributed by atoms with Gasteiger partial charge >= 0.3 is 5.97 Å². The summed E-state index contributed by atoms with van der Waals surface area (Å²) < 4.78 is 27.9. The number of hydrogen-bond donors (Lipinski definition) is 1. The first kappa shape index (κ1) is 15.7. The Hall–Kier alpha value is -1.71. The van der Waals surface area contributed by atoms with Crippen molar-refractivity contribution in [3.05, 3.63) is 35.2 Å². The molecule has 0 aliphatic rings. The van der Waals surface area contributed by atoms with Crippen molar-refractivity contribution in [1.82, 2.24) is 13.9 Å². The third-order valence-corrected chi connectivity index (χ3v) is 6.27. The van der Waals surface area contributed by atoms with Crippen molar-refractivity contribution >= 4 is 27.3 Å². The van der Waals surface area contributed by atoms with Gasteiger partial charge in [0.15, 0.2) is 0 Å². The third kappa shape index (κ3) is 3.49. The van der Waals surface area contributed by atoms with Crippen LogP contribution in [0.2, 0.25) is 0 Å². The highest BCUT2D eigenvalue weighted by molar-refractivity contribution is 7.91. The zero-order valence-corrected chi connectivity index (χ0v) is 13.2. The molecule has 114 valence electrons. The second kappa shape index (κ2) is 5.96. The number of aliphatic carboxylic acids is 1. The van der Waals surface area contributed by atoms with Crippen LogP contribution < -0.4 is 0 Å². The van der Waals surface area contributed by atoms with Crippen molar-refractivity contribution in [3.63, 3.8) is 0 Å². The fraction of sp³-hybridized carbons (Fsp3) is 0.333. The van der Waals surface area contributed by atoms with Gasteiger partial charge in [-0.1, -0.05) is 0 Å². The van der Waals surface area contributed by atoms with E-state index < -0.39 is 16.0 Å². The topological polar surface area (TPSA) is 92.5 Å². The zero-order chi connectivity index (χ0) is 15.6. The molecule has 0 atom stereocenters. The van der Waals surface area contributed by atoms with Gasteiger partial charge in [-0.2, -0.15) is 4.31 Å². The predicted molar refractivity (Wildman–Crippen MR) is 77.5 cm³/mol. The number of sulfonamides is 1. The van der Waals surface area contributed by atoms with Crippen molar-refractivity contribution in [1.29, 1.82) is 0 Å². The number of carboxylic acids is 1. The minimum atomic E-state index is -3.64. The standard InChI is InChI=1S/C12H15N3O4S2/c1-14-6-5-13-10(14)8-15(2)21(18,19)12-4-3-9(20-12)7-11(16)17/h3-6H,7-8H2,1-2H3,(H,16,17). The van der Waals surface area contributed by atoms with Gasteiger partial charge in [0.05, 0.1) is 13.0 Å². The van der Waals surface area contributed by atoms with Crippen LogP contribution in [0.3, 0.4) is 0 Å². The maximum Gasteiger partial charge on any atom is 0.308 e. The van der Waals surface area contributed by atoms with Crippen LogP contribution in [-0.2, 0) is 34.8 Å². The van der Waals surface area contributed by atoms with Crippen LogP contribution in [0.5, 0.6) is 0 Å². The lowest BCUT2D eigenvalue weighted by Gasteiger charge is -2.15. The summed E-state index contributed by atoms with van der Waals surface area (Å²) in [6, 6.07) is 2.97. The van der Waals surface area contributed by atoms with Gasteiger partial charge in [-0.05, 0) is 12.1 Å². The van der Waals surface area contributed by atoms with Gasteiger partial charge in [-0.3, -0.25) is 4.79 Å². The van der Waals surface area contributed by atoms with Gasteiger partial charge in [-0.25, -0.2) is 13.4 Å². The summed E-state index contributed by atoms with van der Waals surface area (Å²) in [5.41, 5.74) is 0. The average Bonchev–Trinajstić information content (AvgIpc) is 2.99. The molecular weight excluding hydrogens is 314 g/mol. The monoisotopic (exact) mass is 329 g/mol. The van der Waals surface area contributed by atoms with Gasteiger partial charge in [-0.15, -0.1) is 11.3 Å². The molecule has 0 saturated heterocycles. The third-order valence-electron chi connectivity index (χ3n) is 2.91. The van der Waals surface area contributed by atoms with E-state index in [1.54, 1.807) is 24.0 Å². The number of thiophene rings is 1. The second-order valence-electron chi connectivity index (χ2n) is 4.51. The maximum atomic E-state index is 12.4. The Morgan fingerprint density at radius 1 is 1.48 bits per heavy atom. The molecule has 0 aliphatic carbocycles. The lowest BCUT2D eigenvalue weighted by atomic mass is 10.3. The molecule has 9 heteroatoms. The first-order valence-electron chi connectivity index (χ1n) is 6.03. The number of hydrogen-bond acceptors (Lipinski definition) is 5. The highest BCUT2D eigenvalue weighted by atomic mass is 32.2. The zero-order valence-electron chi connectivity index (χ0n) is 11.6. The molecule has 2 heterocycles. The van der Waals surface area contributed by atoms with E-state index >= 15 is 0 Å². The van der Waals surface area contributed by atoms with Crippen LogP contribution >= 0.6 is 11.3 Å². The predicted octanol–water partition coefficient (Wildman–Crippen LogP) is 0.929. The van der Waals surface area contributed by atoms with E-state index in [1.165, 1.54) is 23.5 Å². The highest BCUT2D eigenvalue weighted by Gasteiger charge is 2.24. The second-order valence-corrected chi connectivity index (χ2v) is 7.95. The summed E-state index contributed by atoms with van der Waals surface area (Å²) in [7, 11) is -0.378. The Morgan fingerprint density at radius 3 is 2.76 bits per heavy atom. The molecular formula is C12H15N3O4S2. The van der Waals surface area contributed by atoms with E-state index in [-0.39, 0.29) is 17.2 Å². The van der Waals surface area contributed by atoms with Crippen molar-refractivity contribution in [3.8, 4) is 0 Å². The van der Waals surface area contributed by atoms with Crippen LogP contribution in [0.25, 0.3) is 0 Å². The summed E-state index contributed by atoms with van der Waals surface area (Å²) in [4.78, 5) is 15.2. The number of aryl methyl sites for hydroxylation is 1. The van der Waals surface area contributed by atoms with Gasteiger partial charge < -0.3 is 9.67 Å². The van der Waals surface area contributed by atoms with Crippen LogP contribution in [0.4, 0.5) is 0 Å². The molecule has 0 bridgehead atoms. The Morgan fingerprint density at radius 2 is 2.19 bits per heavy atom. The van der Waals surface area contributed by atoms with Crippen molar-refractivity contribution in [2.45, 2.75) is 17.2 Å². The number of imidazole rings is 1. The lowest BCUT2D eigenvalue weighted by molar-refractivity contribution is -0.136. The number of carbonyl (C=O) groups is 1. The highest BCUT2D eigenvalue weighted by Crippen LogP contribution is 2.25. The Bertz CT molecular complexity index is 748. The Labute approximate surface area is 126 Å². The quantitative estimate of drug-likeness (QED) is 0.851.